The van der Waals surface area contributed by atoms with E-state index in [-0.39, 0.29) is 12.3 Å². The van der Waals surface area contributed by atoms with E-state index in [0.29, 0.717) is 6.61 Å². The Kier molecular flexibility index (Phi) is 6.21. The van der Waals surface area contributed by atoms with Crippen LogP contribution < -0.4 is 10.1 Å². The van der Waals surface area contributed by atoms with Crippen molar-refractivity contribution in [3.63, 3.8) is 0 Å². The lowest BCUT2D eigenvalue weighted by Gasteiger charge is -2.07. The summed E-state index contributed by atoms with van der Waals surface area (Å²) < 4.78 is 5.69. The fourth-order valence-corrected chi connectivity index (χ4v) is 4.50. The Morgan fingerprint density at radius 2 is 1.83 bits per heavy atom. The first kappa shape index (κ1) is 20.3. The van der Waals surface area contributed by atoms with Gasteiger partial charge in [0, 0.05) is 22.0 Å². The van der Waals surface area contributed by atoms with Crippen LogP contribution in [0.15, 0.2) is 59.3 Å². The molecular weight excluding hydrogens is 414 g/mol. The molecule has 5 nitrogen and oxygen atoms in total. The summed E-state index contributed by atoms with van der Waals surface area (Å²) in [6.07, 6.45) is 0.223. The van der Waals surface area contributed by atoms with Crippen LogP contribution in [0, 0.1) is 6.92 Å². The average molecular weight is 436 g/mol. The molecule has 2 aromatic heterocycles. The Bertz CT molecular complexity index is 1150. The highest BCUT2D eigenvalue weighted by atomic mass is 32.1. The summed E-state index contributed by atoms with van der Waals surface area (Å²) in [4.78, 5) is 21.6. The Morgan fingerprint density at radius 3 is 2.57 bits per heavy atom. The highest BCUT2D eigenvalue weighted by Crippen LogP contribution is 2.32. The molecule has 30 heavy (non-hydrogen) atoms. The maximum absolute atomic E-state index is 12.5. The van der Waals surface area contributed by atoms with Gasteiger partial charge in [0.05, 0.1) is 35.0 Å². The molecule has 0 aliphatic rings. The van der Waals surface area contributed by atoms with Gasteiger partial charge >= 0.3 is 0 Å². The van der Waals surface area contributed by atoms with E-state index < -0.39 is 0 Å². The molecule has 0 aliphatic carbocycles. The van der Waals surface area contributed by atoms with Crippen LogP contribution in [0.2, 0.25) is 0 Å². The third kappa shape index (κ3) is 4.75. The van der Waals surface area contributed by atoms with Gasteiger partial charge in [-0.1, -0.05) is 24.3 Å². The topological polar surface area (TPSA) is 64.1 Å². The van der Waals surface area contributed by atoms with E-state index in [1.165, 1.54) is 11.3 Å². The summed E-state index contributed by atoms with van der Waals surface area (Å²) in [5.41, 5.74) is 4.44. The lowest BCUT2D eigenvalue weighted by Crippen LogP contribution is -2.14. The average Bonchev–Trinajstić information content (AvgIpc) is 3.38. The molecule has 0 bridgehead atoms. The molecule has 2 aromatic carbocycles. The van der Waals surface area contributed by atoms with E-state index in [1.54, 1.807) is 11.3 Å². The maximum Gasteiger partial charge on any atom is 0.230 e. The second kappa shape index (κ2) is 9.19. The highest BCUT2D eigenvalue weighted by molar-refractivity contribution is 7.13. The highest BCUT2D eigenvalue weighted by Gasteiger charge is 2.13. The van der Waals surface area contributed by atoms with Gasteiger partial charge in [0.1, 0.15) is 10.8 Å². The molecular formula is C23H21N3O2S2. The predicted octanol–water partition coefficient (Wildman–Crippen LogP) is 5.82. The number of amides is 1. The fraction of sp³-hybridized carbons (Fsp3) is 0.174. The molecule has 1 amide bonds. The van der Waals surface area contributed by atoms with Gasteiger partial charge in [-0.3, -0.25) is 4.79 Å². The number of carbonyl (C=O) groups is 1. The SMILES string of the molecule is CCOc1ccccc1-c1nc(CC(=O)Nc2ccc(-c3csc(C)n3)cc2)cs1. The van der Waals surface area contributed by atoms with Gasteiger partial charge in [-0.25, -0.2) is 9.97 Å². The van der Waals surface area contributed by atoms with Crippen molar-refractivity contribution >= 4 is 34.3 Å². The quantitative estimate of drug-likeness (QED) is 0.397. The summed E-state index contributed by atoms with van der Waals surface area (Å²) in [5.74, 6) is 0.711. The Hall–Kier alpha value is -3.03. The summed E-state index contributed by atoms with van der Waals surface area (Å²) in [6.45, 7) is 4.54. The Morgan fingerprint density at radius 1 is 1.03 bits per heavy atom. The largest absolute Gasteiger partial charge is 0.493 e. The van der Waals surface area contributed by atoms with Crippen molar-refractivity contribution in [2.24, 2.45) is 0 Å². The van der Waals surface area contributed by atoms with E-state index in [4.69, 9.17) is 4.74 Å². The standard InChI is InChI=1S/C23H21N3O2S2/c1-3-28-21-7-5-4-6-19(21)23-26-18(13-30-23)12-22(27)25-17-10-8-16(9-11-17)20-14-29-15(2)24-20/h4-11,13-14H,3,12H2,1-2H3,(H,25,27). The molecule has 0 saturated carbocycles. The first-order valence-corrected chi connectivity index (χ1v) is 11.4. The number of anilines is 1. The monoisotopic (exact) mass is 435 g/mol. The lowest BCUT2D eigenvalue weighted by atomic mass is 10.1. The molecule has 0 unspecified atom stereocenters. The number of ether oxygens (including phenoxy) is 1. The molecule has 4 rings (SSSR count). The molecule has 1 N–H and O–H groups in total. The van der Waals surface area contributed by atoms with Gasteiger partial charge in [0.25, 0.3) is 0 Å². The number of thiazole rings is 2. The Labute approximate surface area is 183 Å². The molecule has 152 valence electrons. The molecule has 0 atom stereocenters. The van der Waals surface area contributed by atoms with Gasteiger partial charge in [-0.05, 0) is 38.1 Å². The molecule has 7 heteroatoms. The van der Waals surface area contributed by atoms with Crippen LogP contribution in [0.1, 0.15) is 17.6 Å². The molecule has 0 radical (unpaired) electrons. The van der Waals surface area contributed by atoms with Crippen molar-refractivity contribution in [1.29, 1.82) is 0 Å². The number of rotatable bonds is 7. The summed E-state index contributed by atoms with van der Waals surface area (Å²) in [6, 6.07) is 15.5. The number of aryl methyl sites for hydroxylation is 1. The van der Waals surface area contributed by atoms with E-state index in [9.17, 15) is 4.79 Å². The first-order valence-electron chi connectivity index (χ1n) is 9.61. The summed E-state index contributed by atoms with van der Waals surface area (Å²) >= 11 is 3.14. The van der Waals surface area contributed by atoms with Crippen molar-refractivity contribution in [1.82, 2.24) is 9.97 Å². The second-order valence-electron chi connectivity index (χ2n) is 6.63. The van der Waals surface area contributed by atoms with Crippen LogP contribution in [0.25, 0.3) is 21.8 Å². The zero-order valence-corrected chi connectivity index (χ0v) is 18.3. The van der Waals surface area contributed by atoms with Gasteiger partial charge in [-0.15, -0.1) is 22.7 Å². The number of para-hydroxylation sites is 1. The number of aromatic nitrogens is 2. The van der Waals surface area contributed by atoms with E-state index >= 15 is 0 Å². The number of nitrogens with zero attached hydrogens (tertiary/aromatic N) is 2. The normalized spacial score (nSPS) is 10.7. The number of hydrogen-bond donors (Lipinski definition) is 1. The number of hydrogen-bond acceptors (Lipinski definition) is 6. The predicted molar refractivity (Wildman–Crippen MR) is 123 cm³/mol. The van der Waals surface area contributed by atoms with E-state index in [0.717, 1.165) is 44.0 Å². The van der Waals surface area contributed by atoms with Crippen molar-refractivity contribution in [3.05, 3.63) is 70.0 Å². The zero-order valence-electron chi connectivity index (χ0n) is 16.7. The second-order valence-corrected chi connectivity index (χ2v) is 8.55. The van der Waals surface area contributed by atoms with Crippen LogP contribution in [0.4, 0.5) is 5.69 Å². The lowest BCUT2D eigenvalue weighted by molar-refractivity contribution is -0.115. The first-order chi connectivity index (χ1) is 14.6. The van der Waals surface area contributed by atoms with Crippen LogP contribution in [-0.4, -0.2) is 22.5 Å². The summed E-state index contributed by atoms with van der Waals surface area (Å²) in [5, 5.41) is 8.78. The smallest absolute Gasteiger partial charge is 0.230 e. The third-order valence-corrected chi connectivity index (χ3v) is 6.09. The molecule has 0 saturated heterocycles. The van der Waals surface area contributed by atoms with Gasteiger partial charge in [0.2, 0.25) is 5.91 Å². The van der Waals surface area contributed by atoms with Gasteiger partial charge in [0.15, 0.2) is 0 Å². The minimum absolute atomic E-state index is 0.0952. The number of benzene rings is 2. The summed E-state index contributed by atoms with van der Waals surface area (Å²) in [7, 11) is 0. The van der Waals surface area contributed by atoms with Gasteiger partial charge < -0.3 is 10.1 Å². The molecule has 0 fully saturated rings. The minimum Gasteiger partial charge on any atom is -0.493 e. The van der Waals surface area contributed by atoms with Crippen molar-refractivity contribution in [3.8, 4) is 27.6 Å². The molecule has 0 spiro atoms. The number of nitrogens with one attached hydrogen (secondary N) is 1. The van der Waals surface area contributed by atoms with E-state index in [1.807, 2.05) is 73.1 Å². The van der Waals surface area contributed by atoms with Crippen LogP contribution in [0.3, 0.4) is 0 Å². The van der Waals surface area contributed by atoms with Crippen molar-refractivity contribution in [2.75, 3.05) is 11.9 Å². The molecule has 0 aliphatic heterocycles. The van der Waals surface area contributed by atoms with Gasteiger partial charge in [-0.2, -0.15) is 0 Å². The fourth-order valence-electron chi connectivity index (χ4n) is 3.03. The van der Waals surface area contributed by atoms with Crippen molar-refractivity contribution < 1.29 is 9.53 Å². The maximum atomic E-state index is 12.5. The molecule has 2 heterocycles. The Balaban J connectivity index is 1.40. The van der Waals surface area contributed by atoms with Crippen LogP contribution in [-0.2, 0) is 11.2 Å². The van der Waals surface area contributed by atoms with Crippen LogP contribution >= 0.6 is 22.7 Å². The third-order valence-electron chi connectivity index (χ3n) is 4.39. The van der Waals surface area contributed by atoms with Crippen LogP contribution in [0.5, 0.6) is 5.75 Å². The molecule has 4 aromatic rings. The zero-order chi connectivity index (χ0) is 20.9. The number of carbonyl (C=O) groups excluding carboxylic acids is 1. The van der Waals surface area contributed by atoms with E-state index in [2.05, 4.69) is 15.3 Å². The minimum atomic E-state index is -0.0952. The van der Waals surface area contributed by atoms with Crippen molar-refractivity contribution in [2.45, 2.75) is 20.3 Å².